The Morgan fingerprint density at radius 1 is 1.24 bits per heavy atom. The van der Waals surface area contributed by atoms with E-state index in [1.807, 2.05) is 6.07 Å². The number of nitriles is 1. The van der Waals surface area contributed by atoms with Crippen molar-refractivity contribution >= 4 is 10.0 Å². The maximum Gasteiger partial charge on any atom is 0.230 e. The normalized spacial score (nSPS) is 22.4. The van der Waals surface area contributed by atoms with E-state index in [0.717, 1.165) is 25.7 Å². The third-order valence-electron chi connectivity index (χ3n) is 3.55. The zero-order valence-corrected chi connectivity index (χ0v) is 11.1. The van der Waals surface area contributed by atoms with Crippen LogP contribution in [0, 0.1) is 23.2 Å². The van der Waals surface area contributed by atoms with Crippen LogP contribution in [0.25, 0.3) is 0 Å². The average molecular weight is 256 g/mol. The molecule has 0 amide bonds. The van der Waals surface area contributed by atoms with Gasteiger partial charge in [-0.2, -0.15) is 5.26 Å². The van der Waals surface area contributed by atoms with Gasteiger partial charge in [0, 0.05) is 13.1 Å². The molecule has 17 heavy (non-hydrogen) atoms. The van der Waals surface area contributed by atoms with E-state index < -0.39 is 15.3 Å². The summed E-state index contributed by atoms with van der Waals surface area (Å²) in [5.74, 6) is 1.08. The van der Waals surface area contributed by atoms with E-state index in [0.29, 0.717) is 31.3 Å². The number of sulfonamides is 1. The molecule has 0 N–H and O–H groups in total. The van der Waals surface area contributed by atoms with Crippen LogP contribution in [0.1, 0.15) is 39.0 Å². The standard InChI is InChI=1S/C12H20N2O2S/c1-2-12(7-13)17(15,16)14(8-10-3-4-10)9-11-5-6-11/h10-12H,2-6,8-9H2,1H3. The Morgan fingerprint density at radius 2 is 1.71 bits per heavy atom. The average Bonchev–Trinajstić information content (AvgIpc) is 3.12. The third-order valence-corrected chi connectivity index (χ3v) is 5.73. The molecule has 1 atom stereocenters. The van der Waals surface area contributed by atoms with Crippen LogP contribution in [0.5, 0.6) is 0 Å². The predicted molar refractivity (Wildman–Crippen MR) is 65.6 cm³/mol. The molecule has 0 saturated heterocycles. The molecule has 5 heteroatoms. The van der Waals surface area contributed by atoms with Gasteiger partial charge in [-0.3, -0.25) is 0 Å². The lowest BCUT2D eigenvalue weighted by Crippen LogP contribution is -2.40. The molecular weight excluding hydrogens is 236 g/mol. The van der Waals surface area contributed by atoms with Gasteiger partial charge >= 0.3 is 0 Å². The fourth-order valence-corrected chi connectivity index (χ4v) is 3.76. The smallest absolute Gasteiger partial charge is 0.211 e. The molecule has 2 fully saturated rings. The van der Waals surface area contributed by atoms with Gasteiger partial charge in [-0.25, -0.2) is 12.7 Å². The molecule has 96 valence electrons. The second-order valence-electron chi connectivity index (χ2n) is 5.27. The van der Waals surface area contributed by atoms with Crippen molar-refractivity contribution in [2.45, 2.75) is 44.3 Å². The van der Waals surface area contributed by atoms with Crippen molar-refractivity contribution < 1.29 is 8.42 Å². The zero-order valence-electron chi connectivity index (χ0n) is 10.3. The number of hydrogen-bond acceptors (Lipinski definition) is 3. The van der Waals surface area contributed by atoms with Gasteiger partial charge < -0.3 is 0 Å². The quantitative estimate of drug-likeness (QED) is 0.697. The van der Waals surface area contributed by atoms with E-state index in [1.54, 1.807) is 11.2 Å². The lowest BCUT2D eigenvalue weighted by atomic mass is 10.4. The molecule has 0 aliphatic heterocycles. The first kappa shape index (κ1) is 12.8. The molecule has 2 saturated carbocycles. The van der Waals surface area contributed by atoms with Crippen molar-refractivity contribution in [1.29, 1.82) is 5.26 Å². The van der Waals surface area contributed by atoms with E-state index in [-0.39, 0.29) is 0 Å². The molecule has 1 unspecified atom stereocenters. The monoisotopic (exact) mass is 256 g/mol. The molecular formula is C12H20N2O2S. The van der Waals surface area contributed by atoms with Gasteiger partial charge in [0.1, 0.15) is 0 Å². The van der Waals surface area contributed by atoms with Crippen LogP contribution in [0.3, 0.4) is 0 Å². The first-order valence-corrected chi connectivity index (χ1v) is 7.96. The van der Waals surface area contributed by atoms with Gasteiger partial charge in [-0.05, 0) is 43.9 Å². The van der Waals surface area contributed by atoms with Crippen molar-refractivity contribution in [2.75, 3.05) is 13.1 Å². The summed E-state index contributed by atoms with van der Waals surface area (Å²) in [6.45, 7) is 3.03. The minimum Gasteiger partial charge on any atom is -0.211 e. The molecule has 0 aromatic heterocycles. The van der Waals surface area contributed by atoms with Crippen LogP contribution in [-0.2, 0) is 10.0 Å². The SMILES string of the molecule is CCC(C#N)S(=O)(=O)N(CC1CC1)CC1CC1. The highest BCUT2D eigenvalue weighted by atomic mass is 32.2. The molecule has 0 heterocycles. The van der Waals surface area contributed by atoms with E-state index >= 15 is 0 Å². The lowest BCUT2D eigenvalue weighted by Gasteiger charge is -2.24. The Balaban J connectivity index is 2.08. The zero-order chi connectivity index (χ0) is 12.5. The van der Waals surface area contributed by atoms with E-state index in [1.165, 1.54) is 0 Å². The highest BCUT2D eigenvalue weighted by Gasteiger charge is 2.38. The Labute approximate surface area is 104 Å². The first-order valence-electron chi connectivity index (χ1n) is 6.46. The second kappa shape index (κ2) is 4.95. The molecule has 4 nitrogen and oxygen atoms in total. The summed E-state index contributed by atoms with van der Waals surface area (Å²) in [7, 11) is -3.40. The van der Waals surface area contributed by atoms with Crippen molar-refractivity contribution in [3.8, 4) is 6.07 Å². The lowest BCUT2D eigenvalue weighted by molar-refractivity contribution is 0.378. The molecule has 0 spiro atoms. The Kier molecular flexibility index (Phi) is 3.74. The van der Waals surface area contributed by atoms with Crippen molar-refractivity contribution in [1.82, 2.24) is 4.31 Å². The summed E-state index contributed by atoms with van der Waals surface area (Å²) in [6, 6.07) is 1.93. The highest BCUT2D eigenvalue weighted by Crippen LogP contribution is 2.35. The van der Waals surface area contributed by atoms with Gasteiger partial charge in [0.15, 0.2) is 5.25 Å². The minimum absolute atomic E-state index is 0.380. The van der Waals surface area contributed by atoms with E-state index in [2.05, 4.69) is 0 Å². The fourth-order valence-electron chi connectivity index (χ4n) is 2.01. The number of nitrogens with zero attached hydrogens (tertiary/aromatic N) is 2. The van der Waals surface area contributed by atoms with E-state index in [9.17, 15) is 8.42 Å². The summed E-state index contributed by atoms with van der Waals surface area (Å²) < 4.78 is 26.2. The summed E-state index contributed by atoms with van der Waals surface area (Å²) in [5.41, 5.74) is 0. The van der Waals surface area contributed by atoms with Crippen LogP contribution >= 0.6 is 0 Å². The Hall–Kier alpha value is -0.600. The van der Waals surface area contributed by atoms with E-state index in [4.69, 9.17) is 5.26 Å². The minimum atomic E-state index is -3.40. The first-order chi connectivity index (χ1) is 8.07. The summed E-state index contributed by atoms with van der Waals surface area (Å²) in [5, 5.41) is 8.09. The Morgan fingerprint density at radius 3 is 2.00 bits per heavy atom. The number of hydrogen-bond donors (Lipinski definition) is 0. The predicted octanol–water partition coefficient (Wildman–Crippen LogP) is 1.74. The molecule has 2 rings (SSSR count). The summed E-state index contributed by atoms with van der Waals surface area (Å²) in [6.07, 6.45) is 4.94. The van der Waals surface area contributed by atoms with Gasteiger partial charge in [-0.1, -0.05) is 6.92 Å². The topological polar surface area (TPSA) is 61.2 Å². The van der Waals surface area contributed by atoms with Gasteiger partial charge in [-0.15, -0.1) is 0 Å². The Bertz CT molecular complexity index is 391. The maximum absolute atomic E-state index is 12.3. The third kappa shape index (κ3) is 3.20. The van der Waals surface area contributed by atoms with Crippen LogP contribution in [0.15, 0.2) is 0 Å². The van der Waals surface area contributed by atoms with Crippen LogP contribution in [-0.4, -0.2) is 31.1 Å². The second-order valence-corrected chi connectivity index (χ2v) is 7.39. The van der Waals surface area contributed by atoms with Crippen molar-refractivity contribution in [3.63, 3.8) is 0 Å². The molecule has 2 aliphatic carbocycles. The highest BCUT2D eigenvalue weighted by molar-refractivity contribution is 7.90. The molecule has 2 aliphatic rings. The molecule has 0 aromatic rings. The van der Waals surface area contributed by atoms with Crippen molar-refractivity contribution in [3.05, 3.63) is 0 Å². The molecule has 0 radical (unpaired) electrons. The largest absolute Gasteiger partial charge is 0.230 e. The van der Waals surface area contributed by atoms with Gasteiger partial charge in [0.25, 0.3) is 0 Å². The fraction of sp³-hybridized carbons (Fsp3) is 0.917. The van der Waals surface area contributed by atoms with Crippen LogP contribution < -0.4 is 0 Å². The summed E-state index contributed by atoms with van der Waals surface area (Å²) in [4.78, 5) is 0. The number of rotatable bonds is 7. The van der Waals surface area contributed by atoms with Crippen LogP contribution in [0.2, 0.25) is 0 Å². The summed E-state index contributed by atoms with van der Waals surface area (Å²) >= 11 is 0. The maximum atomic E-state index is 12.3. The molecule has 0 aromatic carbocycles. The van der Waals surface area contributed by atoms with Crippen LogP contribution in [0.4, 0.5) is 0 Å². The van der Waals surface area contributed by atoms with Gasteiger partial charge in [0.05, 0.1) is 6.07 Å². The van der Waals surface area contributed by atoms with Gasteiger partial charge in [0.2, 0.25) is 10.0 Å². The molecule has 0 bridgehead atoms. The van der Waals surface area contributed by atoms with Crippen molar-refractivity contribution in [2.24, 2.45) is 11.8 Å².